The van der Waals surface area contributed by atoms with E-state index in [1.165, 1.54) is 5.56 Å². The Morgan fingerprint density at radius 2 is 1.41 bits per heavy atom. The number of carbonyl (C=O) groups is 1. The highest BCUT2D eigenvalue weighted by Gasteiger charge is 2.24. The van der Waals surface area contributed by atoms with E-state index in [4.69, 9.17) is 15.2 Å². The second-order valence-electron chi connectivity index (χ2n) is 11.1. The Morgan fingerprint density at radius 1 is 0.805 bits per heavy atom. The summed E-state index contributed by atoms with van der Waals surface area (Å²) < 4.78 is 0. The zero-order valence-electron chi connectivity index (χ0n) is 24.0. The minimum absolute atomic E-state index is 0.0331. The first-order valence-electron chi connectivity index (χ1n) is 14.5. The van der Waals surface area contributed by atoms with Crippen molar-refractivity contribution >= 4 is 22.5 Å². The average molecular weight is 547 g/mol. The van der Waals surface area contributed by atoms with Crippen LogP contribution in [-0.4, -0.2) is 65.9 Å². The number of fused-ring (bicyclic) bond motifs is 1. The van der Waals surface area contributed by atoms with Crippen LogP contribution in [0.2, 0.25) is 0 Å². The van der Waals surface area contributed by atoms with Crippen molar-refractivity contribution < 1.29 is 4.79 Å². The van der Waals surface area contributed by atoms with Crippen molar-refractivity contribution in [2.45, 2.75) is 31.6 Å². The Kier molecular flexibility index (Phi) is 9.35. The second kappa shape index (κ2) is 13.5. The summed E-state index contributed by atoms with van der Waals surface area (Å²) in [4.78, 5) is 26.6. The molecule has 3 heterocycles. The predicted octanol–water partition coefficient (Wildman–Crippen LogP) is 5.94. The van der Waals surface area contributed by atoms with E-state index in [0.29, 0.717) is 17.2 Å². The average Bonchev–Trinajstić information content (AvgIpc) is 3.02. The van der Waals surface area contributed by atoms with Crippen LogP contribution in [0.25, 0.3) is 22.2 Å². The molecule has 2 aliphatic heterocycles. The van der Waals surface area contributed by atoms with Crippen molar-refractivity contribution in [3.8, 4) is 17.3 Å². The van der Waals surface area contributed by atoms with Crippen molar-refractivity contribution in [1.29, 1.82) is 5.26 Å². The van der Waals surface area contributed by atoms with Crippen LogP contribution < -0.4 is 5.32 Å². The molecule has 2 fully saturated rings. The zero-order valence-corrected chi connectivity index (χ0v) is 24.0. The van der Waals surface area contributed by atoms with Gasteiger partial charge in [-0.15, -0.1) is 0 Å². The highest BCUT2D eigenvalue weighted by Crippen LogP contribution is 2.31. The van der Waals surface area contributed by atoms with Gasteiger partial charge in [-0.3, -0.25) is 4.79 Å². The number of anilines is 1. The molecule has 1 aromatic heterocycles. The van der Waals surface area contributed by atoms with Crippen LogP contribution in [0.15, 0.2) is 78.9 Å². The van der Waals surface area contributed by atoms with Gasteiger partial charge in [-0.25, -0.2) is 9.97 Å². The normalized spacial score (nSPS) is 16.9. The van der Waals surface area contributed by atoms with Crippen LogP contribution in [0.4, 0.5) is 5.69 Å². The van der Waals surface area contributed by atoms with Gasteiger partial charge in [0.05, 0.1) is 22.5 Å². The van der Waals surface area contributed by atoms with Gasteiger partial charge in [0.2, 0.25) is 5.91 Å². The first-order chi connectivity index (χ1) is 20.0. The number of likely N-dealkylation sites (tertiary alicyclic amines) is 2. The van der Waals surface area contributed by atoms with Crippen LogP contribution in [0.3, 0.4) is 0 Å². The number of nitrogens with one attached hydrogen (secondary N) is 1. The Bertz CT molecular complexity index is 1500. The molecule has 41 heavy (non-hydrogen) atoms. The number of nitriles is 1. The van der Waals surface area contributed by atoms with Gasteiger partial charge in [0.1, 0.15) is 11.9 Å². The topological polar surface area (TPSA) is 85.2 Å². The number of amides is 1. The van der Waals surface area contributed by atoms with Gasteiger partial charge in [-0.05, 0) is 84.2 Å². The Hall–Kier alpha value is -4.12. The molecule has 2 saturated heterocycles. The summed E-state index contributed by atoms with van der Waals surface area (Å²) in [5.74, 6) is 1.58. The number of piperidine rings is 2. The molecule has 0 bridgehead atoms. The van der Waals surface area contributed by atoms with Crippen molar-refractivity contribution in [3.05, 3.63) is 90.3 Å². The van der Waals surface area contributed by atoms with Crippen LogP contribution in [-0.2, 0) is 4.79 Å². The fourth-order valence-electron chi connectivity index (χ4n) is 5.56. The number of hydrogen-bond acceptors (Lipinski definition) is 6. The zero-order chi connectivity index (χ0) is 28.6. The predicted molar refractivity (Wildman–Crippen MR) is 164 cm³/mol. The van der Waals surface area contributed by atoms with Gasteiger partial charge in [-0.1, -0.05) is 60.7 Å². The molecular formula is C34H38N6O. The van der Waals surface area contributed by atoms with E-state index >= 15 is 0 Å². The molecule has 7 heteroatoms. The van der Waals surface area contributed by atoms with Crippen molar-refractivity contribution in [2.75, 3.05) is 45.6 Å². The molecule has 6 rings (SSSR count). The van der Waals surface area contributed by atoms with E-state index in [9.17, 15) is 4.79 Å². The van der Waals surface area contributed by atoms with Crippen molar-refractivity contribution in [1.82, 2.24) is 19.8 Å². The molecule has 0 spiro atoms. The fraction of sp³-hybridized carbons (Fsp3) is 0.353. The third-order valence-corrected chi connectivity index (χ3v) is 8.15. The summed E-state index contributed by atoms with van der Waals surface area (Å²) in [7, 11) is 4.26. The highest BCUT2D eigenvalue weighted by molar-refractivity contribution is 5.94. The molecular weight excluding hydrogens is 508 g/mol. The first-order valence-corrected chi connectivity index (χ1v) is 14.5. The van der Waals surface area contributed by atoms with E-state index in [0.717, 1.165) is 74.3 Å². The molecule has 4 aromatic rings. The van der Waals surface area contributed by atoms with Crippen LogP contribution >= 0.6 is 0 Å². The number of rotatable bonds is 4. The van der Waals surface area contributed by atoms with E-state index in [1.54, 1.807) is 18.2 Å². The monoisotopic (exact) mass is 546 g/mol. The molecule has 1 amide bonds. The number of aromatic nitrogens is 2. The number of hydrogen-bond donors (Lipinski definition) is 1. The summed E-state index contributed by atoms with van der Waals surface area (Å²) in [6.07, 6.45) is 4.06. The number of carbonyl (C=O) groups excluding carboxylic acids is 1. The van der Waals surface area contributed by atoms with Gasteiger partial charge >= 0.3 is 0 Å². The van der Waals surface area contributed by atoms with Crippen molar-refractivity contribution in [2.24, 2.45) is 5.92 Å². The largest absolute Gasteiger partial charge is 0.325 e. The summed E-state index contributed by atoms with van der Waals surface area (Å²) in [5.41, 5.74) is 4.41. The van der Waals surface area contributed by atoms with E-state index in [1.807, 2.05) is 12.1 Å². The molecule has 0 unspecified atom stereocenters. The Morgan fingerprint density at radius 3 is 2.12 bits per heavy atom. The standard InChI is InChI=1S/C20H21N3.C14H17N3O/c1-23-13-11-16(12-14-23)20-21-18-10-6-5-9-17(18)19(22-20)15-7-3-2-4-8-15;1-17-8-6-11(7-9-17)14(18)16-13-5-3-2-4-12(13)10-15/h2-10,16H,11-14H2,1H3;2-5,11H,6-9H2,1H3,(H,16,18). The number of para-hydroxylation sites is 2. The van der Waals surface area contributed by atoms with Gasteiger partial charge in [0, 0.05) is 22.8 Å². The quantitative estimate of drug-likeness (QED) is 0.341. The summed E-state index contributed by atoms with van der Waals surface area (Å²) >= 11 is 0. The van der Waals surface area contributed by atoms with E-state index in [-0.39, 0.29) is 11.8 Å². The molecule has 2 aliphatic rings. The Balaban J connectivity index is 0.000000170. The summed E-state index contributed by atoms with van der Waals surface area (Å²) in [5, 5.41) is 13.0. The lowest BCUT2D eigenvalue weighted by Crippen LogP contribution is -2.36. The van der Waals surface area contributed by atoms with Crippen LogP contribution in [0.1, 0.15) is 43.0 Å². The molecule has 0 radical (unpaired) electrons. The van der Waals surface area contributed by atoms with Crippen LogP contribution in [0.5, 0.6) is 0 Å². The third-order valence-electron chi connectivity index (χ3n) is 8.15. The third kappa shape index (κ3) is 7.15. The molecule has 3 aromatic carbocycles. The van der Waals surface area contributed by atoms with Crippen LogP contribution in [0, 0.1) is 17.2 Å². The maximum absolute atomic E-state index is 12.1. The number of benzene rings is 3. The Labute approximate surface area is 242 Å². The van der Waals surface area contributed by atoms with Gasteiger partial charge in [0.25, 0.3) is 0 Å². The summed E-state index contributed by atoms with van der Waals surface area (Å²) in [6, 6.07) is 28.0. The lowest BCUT2D eigenvalue weighted by Gasteiger charge is -2.28. The lowest BCUT2D eigenvalue weighted by molar-refractivity contribution is -0.121. The van der Waals surface area contributed by atoms with E-state index < -0.39 is 0 Å². The van der Waals surface area contributed by atoms with Gasteiger partial charge < -0.3 is 15.1 Å². The van der Waals surface area contributed by atoms with Gasteiger partial charge in [-0.2, -0.15) is 5.26 Å². The molecule has 7 nitrogen and oxygen atoms in total. The SMILES string of the molecule is CN1CCC(C(=O)Nc2ccccc2C#N)CC1.CN1CCC(c2nc(-c3ccccc3)c3ccccc3n2)CC1. The molecule has 0 saturated carbocycles. The second-order valence-corrected chi connectivity index (χ2v) is 11.1. The minimum atomic E-state index is 0.0331. The van der Waals surface area contributed by atoms with E-state index in [2.05, 4.69) is 83.8 Å². The fourth-order valence-corrected chi connectivity index (χ4v) is 5.56. The molecule has 0 atom stereocenters. The smallest absolute Gasteiger partial charge is 0.227 e. The van der Waals surface area contributed by atoms with Gasteiger partial charge in [0.15, 0.2) is 0 Å². The minimum Gasteiger partial charge on any atom is -0.325 e. The van der Waals surface area contributed by atoms with Crippen molar-refractivity contribution in [3.63, 3.8) is 0 Å². The molecule has 0 aliphatic carbocycles. The highest BCUT2D eigenvalue weighted by atomic mass is 16.1. The first kappa shape index (κ1) is 28.4. The lowest BCUT2D eigenvalue weighted by atomic mass is 9.95. The maximum atomic E-state index is 12.1. The molecule has 1 N–H and O–H groups in total. The number of nitrogens with zero attached hydrogens (tertiary/aromatic N) is 5. The summed E-state index contributed by atoms with van der Waals surface area (Å²) in [6.45, 7) is 4.17. The molecule has 210 valence electrons. The maximum Gasteiger partial charge on any atom is 0.227 e.